The average molecular weight is 395 g/mol. The fourth-order valence-electron chi connectivity index (χ4n) is 3.70. The van der Waals surface area contributed by atoms with Crippen LogP contribution in [-0.4, -0.2) is 40.5 Å². The molecule has 0 radical (unpaired) electrons. The molecule has 0 spiro atoms. The summed E-state index contributed by atoms with van der Waals surface area (Å²) in [6.45, 7) is 2.62. The number of rotatable bonds is 4. The number of benzene rings is 1. The molecule has 28 heavy (non-hydrogen) atoms. The van der Waals surface area contributed by atoms with Gasteiger partial charge in [-0.15, -0.1) is 11.3 Å². The van der Waals surface area contributed by atoms with Crippen LogP contribution in [0.1, 0.15) is 35.4 Å². The lowest BCUT2D eigenvalue weighted by Gasteiger charge is -2.25. The first-order chi connectivity index (χ1) is 13.8. The summed E-state index contributed by atoms with van der Waals surface area (Å²) in [6, 6.07) is 10.1. The molecule has 0 aliphatic carbocycles. The number of hydrogen-bond acceptors (Lipinski definition) is 6. The Hall–Kier alpha value is -2.51. The van der Waals surface area contributed by atoms with Crippen LogP contribution in [0, 0.1) is 0 Å². The van der Waals surface area contributed by atoms with E-state index in [1.54, 1.807) is 11.3 Å². The zero-order chi connectivity index (χ0) is 18.9. The van der Waals surface area contributed by atoms with Gasteiger partial charge in [-0.2, -0.15) is 0 Å². The highest BCUT2D eigenvalue weighted by Crippen LogP contribution is 2.29. The summed E-state index contributed by atoms with van der Waals surface area (Å²) < 4.78 is 11.4. The number of amides is 1. The zero-order valence-corrected chi connectivity index (χ0v) is 16.3. The lowest BCUT2D eigenvalue weighted by molar-refractivity contribution is -0.131. The van der Waals surface area contributed by atoms with Crippen LogP contribution in [0.25, 0.3) is 10.6 Å². The van der Waals surface area contributed by atoms with E-state index in [0.29, 0.717) is 32.5 Å². The Bertz CT molecular complexity index is 976. The van der Waals surface area contributed by atoms with Gasteiger partial charge in [0.2, 0.25) is 5.91 Å². The van der Waals surface area contributed by atoms with Crippen molar-refractivity contribution in [3.05, 3.63) is 58.8 Å². The number of carbonyl (C=O) groups excluding carboxylic acids is 1. The maximum absolute atomic E-state index is 12.8. The molecule has 2 aromatic heterocycles. The Morgan fingerprint density at radius 2 is 2.14 bits per heavy atom. The molecule has 7 heteroatoms. The molecule has 2 aliphatic heterocycles. The van der Waals surface area contributed by atoms with Crippen molar-refractivity contribution in [2.24, 2.45) is 0 Å². The number of aromatic nitrogens is 2. The minimum Gasteiger partial charge on any atom is -0.445 e. The molecule has 1 atom stereocenters. The third-order valence-electron chi connectivity index (χ3n) is 5.28. The maximum Gasteiger partial charge on any atom is 0.228 e. The second kappa shape index (κ2) is 7.48. The highest BCUT2D eigenvalue weighted by atomic mass is 32.1. The third-order valence-corrected chi connectivity index (χ3v) is 6.22. The van der Waals surface area contributed by atoms with Crippen LogP contribution in [0.5, 0.6) is 0 Å². The molecule has 1 saturated heterocycles. The number of oxazole rings is 1. The Morgan fingerprint density at radius 3 is 2.96 bits per heavy atom. The van der Waals surface area contributed by atoms with Crippen LogP contribution in [0.15, 0.2) is 40.1 Å². The number of ether oxygens (including phenoxy) is 1. The van der Waals surface area contributed by atoms with Gasteiger partial charge in [0.25, 0.3) is 0 Å². The first kappa shape index (κ1) is 17.6. The highest BCUT2D eigenvalue weighted by molar-refractivity contribution is 7.13. The molecule has 0 bridgehead atoms. The molecule has 1 fully saturated rings. The molecular weight excluding hydrogens is 374 g/mol. The van der Waals surface area contributed by atoms with E-state index < -0.39 is 0 Å². The summed E-state index contributed by atoms with van der Waals surface area (Å²) >= 11 is 1.58. The van der Waals surface area contributed by atoms with Crippen molar-refractivity contribution in [2.75, 3.05) is 19.8 Å². The van der Waals surface area contributed by atoms with Gasteiger partial charge in [0.15, 0.2) is 5.89 Å². The maximum atomic E-state index is 12.8. The van der Waals surface area contributed by atoms with E-state index in [1.165, 1.54) is 0 Å². The summed E-state index contributed by atoms with van der Waals surface area (Å²) in [5.41, 5.74) is 2.80. The van der Waals surface area contributed by atoms with Crippen molar-refractivity contribution in [1.29, 1.82) is 0 Å². The molecule has 1 unspecified atom stereocenters. The molecular formula is C21H21N3O3S. The third kappa shape index (κ3) is 3.47. The largest absolute Gasteiger partial charge is 0.445 e. The van der Waals surface area contributed by atoms with Crippen LogP contribution in [-0.2, 0) is 28.9 Å². The predicted octanol–water partition coefficient (Wildman–Crippen LogP) is 3.43. The monoisotopic (exact) mass is 395 g/mol. The minimum atomic E-state index is 0.0873. The molecule has 6 nitrogen and oxygen atoms in total. The average Bonchev–Trinajstić information content (AvgIpc) is 3.47. The highest BCUT2D eigenvalue weighted by Gasteiger charge is 2.29. The Morgan fingerprint density at radius 1 is 1.25 bits per heavy atom. The summed E-state index contributed by atoms with van der Waals surface area (Å²) in [5, 5.41) is 2.92. The fraction of sp³-hybridized carbons (Fsp3) is 0.381. The van der Waals surface area contributed by atoms with Crippen LogP contribution >= 0.6 is 11.3 Å². The lowest BCUT2D eigenvalue weighted by Crippen LogP contribution is -2.36. The fourth-order valence-corrected chi connectivity index (χ4v) is 4.53. The number of thiazole rings is 1. The van der Waals surface area contributed by atoms with Gasteiger partial charge >= 0.3 is 0 Å². The first-order valence-electron chi connectivity index (χ1n) is 9.60. The topological polar surface area (TPSA) is 68.5 Å². The van der Waals surface area contributed by atoms with Gasteiger partial charge in [0.1, 0.15) is 16.5 Å². The molecule has 5 rings (SSSR count). The van der Waals surface area contributed by atoms with Gasteiger partial charge in [-0.1, -0.05) is 30.3 Å². The molecule has 3 aromatic rings. The van der Waals surface area contributed by atoms with Crippen molar-refractivity contribution in [1.82, 2.24) is 14.9 Å². The van der Waals surface area contributed by atoms with Gasteiger partial charge in [-0.25, -0.2) is 9.97 Å². The van der Waals surface area contributed by atoms with Gasteiger partial charge in [0.05, 0.1) is 31.2 Å². The summed E-state index contributed by atoms with van der Waals surface area (Å²) in [4.78, 5) is 24.0. The van der Waals surface area contributed by atoms with E-state index in [1.807, 2.05) is 40.6 Å². The van der Waals surface area contributed by atoms with Crippen molar-refractivity contribution in [3.63, 3.8) is 0 Å². The predicted molar refractivity (Wildman–Crippen MR) is 105 cm³/mol. The van der Waals surface area contributed by atoms with Crippen molar-refractivity contribution in [3.8, 4) is 10.6 Å². The van der Waals surface area contributed by atoms with E-state index >= 15 is 0 Å². The first-order valence-corrected chi connectivity index (χ1v) is 10.5. The quantitative estimate of drug-likeness (QED) is 0.677. The molecule has 4 heterocycles. The number of fused-ring (bicyclic) bond motifs is 1. The molecule has 0 saturated carbocycles. The molecule has 1 aromatic carbocycles. The second-order valence-electron chi connectivity index (χ2n) is 7.23. The molecule has 0 N–H and O–H groups in total. The number of nitrogens with zero attached hydrogens (tertiary/aromatic N) is 3. The molecule has 1 amide bonds. The lowest BCUT2D eigenvalue weighted by atomic mass is 10.1. The summed E-state index contributed by atoms with van der Waals surface area (Å²) in [5.74, 6) is 2.03. The van der Waals surface area contributed by atoms with Crippen molar-refractivity contribution in [2.45, 2.75) is 31.7 Å². The molecule has 2 aliphatic rings. The second-order valence-corrected chi connectivity index (χ2v) is 8.09. The van der Waals surface area contributed by atoms with Gasteiger partial charge in [-0.3, -0.25) is 4.79 Å². The minimum absolute atomic E-state index is 0.0873. The van der Waals surface area contributed by atoms with E-state index in [-0.39, 0.29) is 11.8 Å². The zero-order valence-electron chi connectivity index (χ0n) is 15.5. The Labute approximate surface area is 167 Å². The normalized spacial score (nSPS) is 19.0. The van der Waals surface area contributed by atoms with Gasteiger partial charge in [0, 0.05) is 30.5 Å². The Kier molecular flexibility index (Phi) is 4.70. The van der Waals surface area contributed by atoms with Crippen LogP contribution in [0.3, 0.4) is 0 Å². The summed E-state index contributed by atoms with van der Waals surface area (Å²) in [6.07, 6.45) is 1.99. The van der Waals surface area contributed by atoms with E-state index in [4.69, 9.17) is 9.15 Å². The van der Waals surface area contributed by atoms with Crippen molar-refractivity contribution >= 4 is 17.2 Å². The smallest absolute Gasteiger partial charge is 0.228 e. The van der Waals surface area contributed by atoms with E-state index in [0.717, 1.165) is 46.6 Å². The van der Waals surface area contributed by atoms with Crippen molar-refractivity contribution < 1.29 is 13.9 Å². The van der Waals surface area contributed by atoms with E-state index in [9.17, 15) is 4.79 Å². The van der Waals surface area contributed by atoms with Crippen LogP contribution in [0.4, 0.5) is 0 Å². The molecule has 144 valence electrons. The summed E-state index contributed by atoms with van der Waals surface area (Å²) in [7, 11) is 0. The van der Waals surface area contributed by atoms with Crippen LogP contribution < -0.4 is 0 Å². The van der Waals surface area contributed by atoms with E-state index in [2.05, 4.69) is 9.97 Å². The standard InChI is InChI=1S/C21H21N3O3S/c25-19(10-16-13-28-21(22-16)14-4-2-1-3-5-14)24-8-6-18-17(11-24)23-20(27-18)15-7-9-26-12-15/h1-5,13,15H,6-12H2. The van der Waals surface area contributed by atoms with Crippen LogP contribution in [0.2, 0.25) is 0 Å². The Balaban J connectivity index is 1.25. The van der Waals surface area contributed by atoms with Gasteiger partial charge in [-0.05, 0) is 6.42 Å². The SMILES string of the molecule is O=C(Cc1csc(-c2ccccc2)n1)N1CCc2oc(C3CCOC3)nc2C1. The van der Waals surface area contributed by atoms with Gasteiger partial charge < -0.3 is 14.1 Å². The number of carbonyl (C=O) groups is 1. The number of hydrogen-bond donors (Lipinski definition) is 0.